The molecule has 4 rings (SSSR count). The van der Waals surface area contributed by atoms with Crippen molar-refractivity contribution in [2.75, 3.05) is 26.7 Å². The van der Waals surface area contributed by atoms with Gasteiger partial charge in [0.15, 0.2) is 5.69 Å². The third-order valence-electron chi connectivity index (χ3n) is 6.51. The zero-order chi connectivity index (χ0) is 18.9. The maximum atomic E-state index is 12.5. The molecule has 7 nitrogen and oxygen atoms in total. The largest absolute Gasteiger partial charge is 0.464 e. The minimum Gasteiger partial charge on any atom is -0.464 e. The number of hydrogen-bond acceptors (Lipinski definition) is 6. The van der Waals surface area contributed by atoms with Crippen molar-refractivity contribution in [3.63, 3.8) is 0 Å². The summed E-state index contributed by atoms with van der Waals surface area (Å²) in [5.41, 5.74) is 0.405. The molecule has 2 saturated heterocycles. The fraction of sp³-hybridized carbons (Fsp3) is 0.750. The molecular formula is C20H29N3O4. The molecule has 0 aromatic carbocycles. The summed E-state index contributed by atoms with van der Waals surface area (Å²) in [5.74, 6) is 0.421. The molecule has 3 fully saturated rings. The second-order valence-electron chi connectivity index (χ2n) is 8.39. The molecule has 1 spiro atoms. The van der Waals surface area contributed by atoms with Crippen molar-refractivity contribution in [3.8, 4) is 0 Å². The molecule has 3 heterocycles. The van der Waals surface area contributed by atoms with Crippen LogP contribution in [0, 0.1) is 5.41 Å². The van der Waals surface area contributed by atoms with Gasteiger partial charge in [-0.3, -0.25) is 9.69 Å². The molecule has 1 aromatic rings. The average molecular weight is 375 g/mol. The van der Waals surface area contributed by atoms with Crippen molar-refractivity contribution in [3.05, 3.63) is 17.8 Å². The van der Waals surface area contributed by atoms with Crippen molar-refractivity contribution >= 4 is 11.9 Å². The van der Waals surface area contributed by atoms with Crippen LogP contribution in [0.4, 0.5) is 0 Å². The molecule has 1 aliphatic carbocycles. The van der Waals surface area contributed by atoms with Gasteiger partial charge in [0.2, 0.25) is 11.8 Å². The Morgan fingerprint density at radius 1 is 1.30 bits per heavy atom. The lowest BCUT2D eigenvalue weighted by Gasteiger charge is -2.49. The third-order valence-corrected chi connectivity index (χ3v) is 6.51. The average Bonchev–Trinajstić information content (AvgIpc) is 3.36. The van der Waals surface area contributed by atoms with Gasteiger partial charge in [-0.25, -0.2) is 9.78 Å². The molecule has 27 heavy (non-hydrogen) atoms. The first-order chi connectivity index (χ1) is 13.1. The maximum Gasteiger partial charge on any atom is 0.360 e. The summed E-state index contributed by atoms with van der Waals surface area (Å²) in [7, 11) is 1.34. The predicted octanol–water partition coefficient (Wildman–Crippen LogP) is 2.61. The Morgan fingerprint density at radius 3 is 2.89 bits per heavy atom. The van der Waals surface area contributed by atoms with Crippen molar-refractivity contribution in [2.24, 2.45) is 5.41 Å². The van der Waals surface area contributed by atoms with Gasteiger partial charge in [-0.05, 0) is 38.6 Å². The molecule has 0 bridgehead atoms. The summed E-state index contributed by atoms with van der Waals surface area (Å²) >= 11 is 0. The van der Waals surface area contributed by atoms with Crippen LogP contribution in [0.5, 0.6) is 0 Å². The quantitative estimate of drug-likeness (QED) is 0.753. The number of methoxy groups -OCH3 is 1. The van der Waals surface area contributed by atoms with E-state index in [-0.39, 0.29) is 11.1 Å². The van der Waals surface area contributed by atoms with Gasteiger partial charge < -0.3 is 14.1 Å². The van der Waals surface area contributed by atoms with Gasteiger partial charge in [0.05, 0.1) is 13.7 Å². The Kier molecular flexibility index (Phi) is 5.21. The van der Waals surface area contributed by atoms with Gasteiger partial charge in [0, 0.05) is 31.0 Å². The molecule has 1 unspecified atom stereocenters. The summed E-state index contributed by atoms with van der Waals surface area (Å²) in [6.45, 7) is 3.44. The van der Waals surface area contributed by atoms with Crippen LogP contribution < -0.4 is 0 Å². The highest BCUT2D eigenvalue weighted by molar-refractivity contribution is 5.86. The van der Waals surface area contributed by atoms with Gasteiger partial charge in [0.1, 0.15) is 6.26 Å². The zero-order valence-electron chi connectivity index (χ0n) is 16.1. The number of carbonyl (C=O) groups is 2. The van der Waals surface area contributed by atoms with Crippen LogP contribution in [0.1, 0.15) is 67.7 Å². The molecule has 1 saturated carbocycles. The lowest BCUT2D eigenvalue weighted by atomic mass is 9.73. The molecule has 1 aromatic heterocycles. The van der Waals surface area contributed by atoms with E-state index in [4.69, 9.17) is 4.42 Å². The standard InChI is InChI=1S/C20H29N3O4/c1-26-19(25)16-12-27-17(21-16)11-22-10-4-8-20(13-22)9-7-18(24)23(14-20)15-5-2-3-6-15/h12,15H,2-11,13-14H2,1H3. The zero-order valence-corrected chi connectivity index (χ0v) is 16.1. The molecule has 3 aliphatic rings. The van der Waals surface area contributed by atoms with Crippen molar-refractivity contribution in [2.45, 2.75) is 64.0 Å². The third kappa shape index (κ3) is 3.88. The van der Waals surface area contributed by atoms with Crippen LogP contribution in [0.25, 0.3) is 0 Å². The topological polar surface area (TPSA) is 75.9 Å². The number of ether oxygens (including phenoxy) is 1. The first kappa shape index (κ1) is 18.5. The van der Waals surface area contributed by atoms with Gasteiger partial charge in [0.25, 0.3) is 0 Å². The monoisotopic (exact) mass is 375 g/mol. The van der Waals surface area contributed by atoms with Gasteiger partial charge in [-0.2, -0.15) is 0 Å². The lowest BCUT2D eigenvalue weighted by Crippen LogP contribution is -2.55. The molecule has 1 amide bonds. The number of esters is 1. The van der Waals surface area contributed by atoms with E-state index in [0.717, 1.165) is 45.3 Å². The van der Waals surface area contributed by atoms with E-state index in [1.807, 2.05) is 0 Å². The SMILES string of the molecule is COC(=O)c1coc(CN2CCCC3(CCC(=O)N(C4CCCC4)C3)C2)n1. The lowest BCUT2D eigenvalue weighted by molar-refractivity contribution is -0.142. The fourth-order valence-electron chi connectivity index (χ4n) is 5.14. The van der Waals surface area contributed by atoms with Gasteiger partial charge in [-0.1, -0.05) is 12.8 Å². The highest BCUT2D eigenvalue weighted by Crippen LogP contribution is 2.41. The molecule has 0 radical (unpaired) electrons. The Morgan fingerprint density at radius 2 is 2.11 bits per heavy atom. The number of likely N-dealkylation sites (tertiary alicyclic amines) is 2. The number of aromatic nitrogens is 1. The van der Waals surface area contributed by atoms with Crippen LogP contribution in [0.3, 0.4) is 0 Å². The van der Waals surface area contributed by atoms with E-state index in [1.165, 1.54) is 32.6 Å². The van der Waals surface area contributed by atoms with E-state index in [0.29, 0.717) is 30.8 Å². The molecule has 0 N–H and O–H groups in total. The van der Waals surface area contributed by atoms with Crippen molar-refractivity contribution in [1.29, 1.82) is 0 Å². The normalized spacial score (nSPS) is 27.4. The van der Waals surface area contributed by atoms with Gasteiger partial charge >= 0.3 is 5.97 Å². The number of rotatable bonds is 4. The summed E-state index contributed by atoms with van der Waals surface area (Å²) < 4.78 is 10.2. The van der Waals surface area contributed by atoms with Crippen LogP contribution in [0.15, 0.2) is 10.7 Å². The van der Waals surface area contributed by atoms with E-state index in [9.17, 15) is 9.59 Å². The number of carbonyl (C=O) groups excluding carboxylic acids is 2. The maximum absolute atomic E-state index is 12.5. The summed E-state index contributed by atoms with van der Waals surface area (Å²) in [5, 5.41) is 0. The van der Waals surface area contributed by atoms with Gasteiger partial charge in [-0.15, -0.1) is 0 Å². The Labute approximate surface area is 160 Å². The molecule has 7 heteroatoms. The number of piperidine rings is 2. The van der Waals surface area contributed by atoms with Crippen LogP contribution >= 0.6 is 0 Å². The summed E-state index contributed by atoms with van der Waals surface area (Å²) in [4.78, 5) is 32.9. The highest BCUT2D eigenvalue weighted by atomic mass is 16.5. The van der Waals surface area contributed by atoms with Crippen molar-refractivity contribution < 1.29 is 18.7 Å². The minimum absolute atomic E-state index is 0.187. The predicted molar refractivity (Wildman–Crippen MR) is 98.0 cm³/mol. The van der Waals surface area contributed by atoms with Crippen LogP contribution in [-0.4, -0.2) is 59.4 Å². The van der Waals surface area contributed by atoms with E-state index >= 15 is 0 Å². The fourth-order valence-corrected chi connectivity index (χ4v) is 5.14. The van der Waals surface area contributed by atoms with E-state index < -0.39 is 5.97 Å². The number of nitrogens with zero attached hydrogens (tertiary/aromatic N) is 3. The molecule has 148 valence electrons. The van der Waals surface area contributed by atoms with Crippen LogP contribution in [-0.2, 0) is 16.1 Å². The molecule has 2 aliphatic heterocycles. The Bertz CT molecular complexity index is 697. The smallest absolute Gasteiger partial charge is 0.360 e. The van der Waals surface area contributed by atoms with Crippen LogP contribution in [0.2, 0.25) is 0 Å². The first-order valence-corrected chi connectivity index (χ1v) is 10.1. The Hall–Kier alpha value is -1.89. The summed E-state index contributed by atoms with van der Waals surface area (Å²) in [6.07, 6.45) is 10.1. The number of amides is 1. The second kappa shape index (κ2) is 7.62. The number of oxazole rings is 1. The Balaban J connectivity index is 1.41. The molecule has 1 atom stereocenters. The van der Waals surface area contributed by atoms with Crippen molar-refractivity contribution in [1.82, 2.24) is 14.8 Å². The minimum atomic E-state index is -0.474. The second-order valence-corrected chi connectivity index (χ2v) is 8.39. The highest BCUT2D eigenvalue weighted by Gasteiger charge is 2.43. The molecular weight excluding hydrogens is 346 g/mol. The van der Waals surface area contributed by atoms with E-state index in [1.54, 1.807) is 0 Å². The number of hydrogen-bond donors (Lipinski definition) is 0. The summed E-state index contributed by atoms with van der Waals surface area (Å²) in [6, 6.07) is 0.458. The van der Waals surface area contributed by atoms with E-state index in [2.05, 4.69) is 19.5 Å². The first-order valence-electron chi connectivity index (χ1n) is 10.1.